The van der Waals surface area contributed by atoms with Gasteiger partial charge in [0.05, 0.1) is 11.5 Å². The molecule has 1 saturated heterocycles. The smallest absolute Gasteiger partial charge is 0.329 e. The molecule has 30 heavy (non-hydrogen) atoms. The second kappa shape index (κ2) is 9.03. The van der Waals surface area contributed by atoms with Gasteiger partial charge in [-0.05, 0) is 68.4 Å². The summed E-state index contributed by atoms with van der Waals surface area (Å²) in [5.74, 6) is 0.641. The van der Waals surface area contributed by atoms with Gasteiger partial charge in [-0.1, -0.05) is 41.9 Å². The summed E-state index contributed by atoms with van der Waals surface area (Å²) in [5, 5.41) is 0.586. The lowest BCUT2D eigenvalue weighted by Crippen LogP contribution is -2.54. The van der Waals surface area contributed by atoms with E-state index in [1.54, 1.807) is 43.0 Å². The summed E-state index contributed by atoms with van der Waals surface area (Å²) in [6.45, 7) is 2.11. The second-order valence-electron chi connectivity index (χ2n) is 7.89. The van der Waals surface area contributed by atoms with E-state index in [4.69, 9.17) is 16.3 Å². The summed E-state index contributed by atoms with van der Waals surface area (Å²) in [5.41, 5.74) is 1.91. The molecule has 0 N–H and O–H groups in total. The SMILES string of the molecule is CCOC(=O)[C@@H]1CSC2(CCC(c3ccccc3)CC2)N1C(=O)c1ccc(Cl)cc1. The van der Waals surface area contributed by atoms with Crippen LogP contribution in [0.2, 0.25) is 5.02 Å². The largest absolute Gasteiger partial charge is 0.464 e. The highest BCUT2D eigenvalue weighted by molar-refractivity contribution is 8.01. The zero-order chi connectivity index (χ0) is 21.1. The van der Waals surface area contributed by atoms with Gasteiger partial charge in [0, 0.05) is 16.3 Å². The Morgan fingerprint density at radius 3 is 2.40 bits per heavy atom. The zero-order valence-corrected chi connectivity index (χ0v) is 18.6. The first-order chi connectivity index (χ1) is 14.5. The summed E-state index contributed by atoms with van der Waals surface area (Å²) in [7, 11) is 0. The molecule has 4 rings (SSSR count). The predicted molar refractivity (Wildman–Crippen MR) is 121 cm³/mol. The van der Waals surface area contributed by atoms with Crippen LogP contribution in [0.1, 0.15) is 54.4 Å². The van der Waals surface area contributed by atoms with Crippen molar-refractivity contribution in [3.05, 3.63) is 70.7 Å². The second-order valence-corrected chi connectivity index (χ2v) is 9.71. The van der Waals surface area contributed by atoms with Crippen molar-refractivity contribution >= 4 is 35.2 Å². The summed E-state index contributed by atoms with van der Waals surface area (Å²) in [4.78, 5) is 27.7. The van der Waals surface area contributed by atoms with Gasteiger partial charge in [-0.2, -0.15) is 0 Å². The van der Waals surface area contributed by atoms with Gasteiger partial charge in [-0.15, -0.1) is 11.8 Å². The van der Waals surface area contributed by atoms with Crippen molar-refractivity contribution in [2.24, 2.45) is 0 Å². The first-order valence-corrected chi connectivity index (χ1v) is 11.9. The van der Waals surface area contributed by atoms with Crippen molar-refractivity contribution in [2.75, 3.05) is 12.4 Å². The highest BCUT2D eigenvalue weighted by Gasteiger charge is 2.53. The van der Waals surface area contributed by atoms with Crippen LogP contribution >= 0.6 is 23.4 Å². The molecular formula is C24H26ClNO3S. The number of ether oxygens (including phenoxy) is 1. The van der Waals surface area contributed by atoms with Gasteiger partial charge in [0.2, 0.25) is 0 Å². The number of rotatable bonds is 4. The average molecular weight is 444 g/mol. The van der Waals surface area contributed by atoms with Crippen molar-refractivity contribution in [1.29, 1.82) is 0 Å². The average Bonchev–Trinajstić information content (AvgIpc) is 3.14. The highest BCUT2D eigenvalue weighted by Crippen LogP contribution is 2.52. The van der Waals surface area contributed by atoms with Crippen LogP contribution in [0.3, 0.4) is 0 Å². The Hall–Kier alpha value is -1.98. The number of halogens is 1. The van der Waals surface area contributed by atoms with Crippen molar-refractivity contribution in [3.8, 4) is 0 Å². The number of carbonyl (C=O) groups is 2. The molecule has 1 atom stereocenters. The molecule has 1 saturated carbocycles. The fourth-order valence-corrected chi connectivity index (χ4v) is 6.40. The third kappa shape index (κ3) is 4.10. The van der Waals surface area contributed by atoms with Crippen LogP contribution in [0.5, 0.6) is 0 Å². The molecule has 0 unspecified atom stereocenters. The molecule has 2 fully saturated rings. The molecule has 1 amide bonds. The van der Waals surface area contributed by atoms with Gasteiger partial charge < -0.3 is 9.64 Å². The van der Waals surface area contributed by atoms with Gasteiger partial charge in [-0.25, -0.2) is 4.79 Å². The lowest BCUT2D eigenvalue weighted by molar-refractivity contribution is -0.148. The lowest BCUT2D eigenvalue weighted by atomic mass is 9.80. The van der Waals surface area contributed by atoms with Crippen LogP contribution in [-0.4, -0.2) is 40.0 Å². The van der Waals surface area contributed by atoms with E-state index in [2.05, 4.69) is 24.3 Å². The van der Waals surface area contributed by atoms with E-state index < -0.39 is 6.04 Å². The first-order valence-electron chi connectivity index (χ1n) is 10.5. The van der Waals surface area contributed by atoms with E-state index in [1.165, 1.54) is 5.56 Å². The number of carbonyl (C=O) groups excluding carboxylic acids is 2. The zero-order valence-electron chi connectivity index (χ0n) is 17.1. The van der Waals surface area contributed by atoms with E-state index in [0.717, 1.165) is 25.7 Å². The maximum absolute atomic E-state index is 13.6. The quantitative estimate of drug-likeness (QED) is 0.584. The molecule has 2 aromatic rings. The number of nitrogens with zero attached hydrogens (tertiary/aromatic N) is 1. The fraction of sp³-hybridized carbons (Fsp3) is 0.417. The Kier molecular flexibility index (Phi) is 6.40. The minimum Gasteiger partial charge on any atom is -0.464 e. The molecule has 2 aromatic carbocycles. The topological polar surface area (TPSA) is 46.6 Å². The number of esters is 1. The summed E-state index contributed by atoms with van der Waals surface area (Å²) >= 11 is 7.75. The van der Waals surface area contributed by atoms with Crippen molar-refractivity contribution in [2.45, 2.75) is 49.4 Å². The van der Waals surface area contributed by atoms with Crippen LogP contribution in [0.15, 0.2) is 54.6 Å². The number of hydrogen-bond acceptors (Lipinski definition) is 4. The summed E-state index contributed by atoms with van der Waals surface area (Å²) in [6, 6.07) is 16.9. The monoisotopic (exact) mass is 443 g/mol. The van der Waals surface area contributed by atoms with Crippen molar-refractivity contribution in [3.63, 3.8) is 0 Å². The molecular weight excluding hydrogens is 418 g/mol. The van der Waals surface area contributed by atoms with Gasteiger partial charge in [0.1, 0.15) is 6.04 Å². The molecule has 1 aliphatic heterocycles. The highest BCUT2D eigenvalue weighted by atomic mass is 35.5. The maximum Gasteiger partial charge on any atom is 0.329 e. The predicted octanol–water partition coefficient (Wildman–Crippen LogP) is 5.51. The minimum absolute atomic E-state index is 0.118. The van der Waals surface area contributed by atoms with Crippen LogP contribution in [0.4, 0.5) is 0 Å². The number of amides is 1. The van der Waals surface area contributed by atoms with Gasteiger partial charge in [0.25, 0.3) is 5.91 Å². The Balaban J connectivity index is 1.60. The Morgan fingerprint density at radius 2 is 1.77 bits per heavy atom. The Labute approximate surface area is 186 Å². The molecule has 2 aliphatic rings. The summed E-state index contributed by atoms with van der Waals surface area (Å²) in [6.07, 6.45) is 3.73. The van der Waals surface area contributed by atoms with Gasteiger partial charge in [-0.3, -0.25) is 4.79 Å². The van der Waals surface area contributed by atoms with Crippen LogP contribution in [0, 0.1) is 0 Å². The van der Waals surface area contributed by atoms with E-state index >= 15 is 0 Å². The molecule has 4 nitrogen and oxygen atoms in total. The van der Waals surface area contributed by atoms with Crippen LogP contribution < -0.4 is 0 Å². The third-order valence-electron chi connectivity index (χ3n) is 6.17. The van der Waals surface area contributed by atoms with E-state index in [9.17, 15) is 9.59 Å². The standard InChI is InChI=1S/C24H26ClNO3S/c1-2-29-23(28)21-16-30-24(26(21)22(27)19-8-10-20(25)11-9-19)14-12-18(13-15-24)17-6-4-3-5-7-17/h3-11,18,21H,2,12-16H2,1H3/t18?,21-,24?/m0/s1. The van der Waals surface area contributed by atoms with Gasteiger partial charge in [0.15, 0.2) is 0 Å². The molecule has 158 valence electrons. The number of hydrogen-bond donors (Lipinski definition) is 0. The minimum atomic E-state index is -0.550. The molecule has 0 aromatic heterocycles. The molecule has 1 heterocycles. The normalized spacial score (nSPS) is 26.0. The lowest BCUT2D eigenvalue weighted by Gasteiger charge is -2.44. The number of thioether (sulfide) groups is 1. The Bertz CT molecular complexity index is 894. The van der Waals surface area contributed by atoms with Crippen LogP contribution in [0.25, 0.3) is 0 Å². The number of benzene rings is 2. The first kappa shape index (κ1) is 21.3. The van der Waals surface area contributed by atoms with Gasteiger partial charge >= 0.3 is 5.97 Å². The van der Waals surface area contributed by atoms with Crippen molar-refractivity contribution < 1.29 is 14.3 Å². The van der Waals surface area contributed by atoms with Crippen molar-refractivity contribution in [1.82, 2.24) is 4.90 Å². The third-order valence-corrected chi connectivity index (χ3v) is 8.04. The maximum atomic E-state index is 13.6. The van der Waals surface area contributed by atoms with E-state index in [0.29, 0.717) is 28.9 Å². The molecule has 0 radical (unpaired) electrons. The van der Waals surface area contributed by atoms with E-state index in [-0.39, 0.29) is 16.7 Å². The Morgan fingerprint density at radius 1 is 1.10 bits per heavy atom. The molecule has 1 spiro atoms. The molecule has 0 bridgehead atoms. The summed E-state index contributed by atoms with van der Waals surface area (Å²) < 4.78 is 5.32. The van der Waals surface area contributed by atoms with Crippen LogP contribution in [-0.2, 0) is 9.53 Å². The molecule has 1 aliphatic carbocycles. The van der Waals surface area contributed by atoms with E-state index in [1.807, 2.05) is 11.0 Å². The molecule has 6 heteroatoms. The fourth-order valence-electron chi connectivity index (χ4n) is 4.64.